The third-order valence-corrected chi connectivity index (χ3v) is 6.31. The second kappa shape index (κ2) is 10.7. The number of rotatable bonds is 7. The van der Waals surface area contributed by atoms with Gasteiger partial charge in [-0.25, -0.2) is 9.07 Å². The van der Waals surface area contributed by atoms with Crippen LogP contribution in [0.4, 0.5) is 15.8 Å². The van der Waals surface area contributed by atoms with Crippen molar-refractivity contribution in [3.63, 3.8) is 0 Å². The van der Waals surface area contributed by atoms with Gasteiger partial charge in [-0.1, -0.05) is 49.7 Å². The molecule has 196 valence electrons. The summed E-state index contributed by atoms with van der Waals surface area (Å²) in [7, 11) is 0. The summed E-state index contributed by atoms with van der Waals surface area (Å²) in [6.07, 6.45) is 6.72. The van der Waals surface area contributed by atoms with Gasteiger partial charge in [0, 0.05) is 35.5 Å². The lowest BCUT2D eigenvalue weighted by molar-refractivity contribution is 0.443. The highest BCUT2D eigenvalue weighted by Crippen LogP contribution is 2.36. The molecule has 2 aromatic carbocycles. The third-order valence-electron chi connectivity index (χ3n) is 6.09. The van der Waals surface area contributed by atoms with E-state index in [0.717, 1.165) is 11.3 Å². The molecule has 3 aromatic heterocycles. The van der Waals surface area contributed by atoms with Gasteiger partial charge in [-0.15, -0.1) is 5.10 Å². The number of halogens is 2. The van der Waals surface area contributed by atoms with E-state index in [1.165, 1.54) is 12.1 Å². The molecule has 0 unspecified atom stereocenters. The highest BCUT2D eigenvalue weighted by molar-refractivity contribution is 6.32. The normalized spacial score (nSPS) is 12.2. The number of anilines is 2. The second-order valence-electron chi connectivity index (χ2n) is 10.3. The molecule has 0 radical (unpaired) electrons. The van der Waals surface area contributed by atoms with Crippen LogP contribution in [0.1, 0.15) is 43.6 Å². The van der Waals surface area contributed by atoms with Crippen LogP contribution in [-0.4, -0.2) is 31.5 Å². The van der Waals surface area contributed by atoms with E-state index in [1.807, 2.05) is 12.1 Å². The molecule has 1 atom stereocenters. The van der Waals surface area contributed by atoms with Crippen molar-refractivity contribution in [2.24, 2.45) is 5.41 Å². The molecule has 2 N–H and O–H groups in total. The zero-order valence-corrected chi connectivity index (χ0v) is 22.4. The van der Waals surface area contributed by atoms with E-state index in [9.17, 15) is 9.65 Å². The molecule has 10 heteroatoms. The number of hydrogen-bond donors (Lipinski definition) is 2. The molecule has 0 aliphatic rings. The maximum absolute atomic E-state index is 13.8. The fourth-order valence-corrected chi connectivity index (χ4v) is 4.40. The second-order valence-corrected chi connectivity index (χ2v) is 10.8. The lowest BCUT2D eigenvalue weighted by Crippen LogP contribution is -2.20. The Kier molecular flexibility index (Phi) is 7.13. The monoisotopic (exact) mass is 540 g/mol. The van der Waals surface area contributed by atoms with E-state index in [1.54, 1.807) is 53.7 Å². The maximum Gasteiger partial charge on any atom is 0.123 e. The zero-order valence-electron chi connectivity index (χ0n) is 21.7. The number of nitrogens with zero attached hydrogens (tertiary/aromatic N) is 6. The molecule has 0 aliphatic carbocycles. The predicted octanol–water partition coefficient (Wildman–Crippen LogP) is 6.53. The Bertz CT molecular complexity index is 1650. The van der Waals surface area contributed by atoms with Crippen molar-refractivity contribution in [3.8, 4) is 11.8 Å². The van der Waals surface area contributed by atoms with Crippen molar-refractivity contribution in [2.45, 2.75) is 26.8 Å². The molecular formula is C29H26ClFN8. The Balaban J connectivity index is 1.61. The molecule has 3 heterocycles. The lowest BCUT2D eigenvalue weighted by Gasteiger charge is -2.23. The van der Waals surface area contributed by atoms with Crippen molar-refractivity contribution in [2.75, 3.05) is 17.2 Å². The molecule has 5 aromatic rings. The molecule has 0 bridgehead atoms. The summed E-state index contributed by atoms with van der Waals surface area (Å²) in [6.45, 7) is 6.98. The number of pyridine rings is 2. The maximum atomic E-state index is 13.8. The minimum absolute atomic E-state index is 0.0176. The fraction of sp³-hybridized carbons (Fsp3) is 0.207. The molecule has 5 rings (SSSR count). The topological polar surface area (TPSA) is 104 Å². The van der Waals surface area contributed by atoms with E-state index >= 15 is 0 Å². The van der Waals surface area contributed by atoms with Crippen LogP contribution in [0.3, 0.4) is 0 Å². The predicted molar refractivity (Wildman–Crippen MR) is 150 cm³/mol. The van der Waals surface area contributed by atoms with E-state index < -0.39 is 6.04 Å². The van der Waals surface area contributed by atoms with E-state index in [-0.39, 0.29) is 11.2 Å². The Morgan fingerprint density at radius 2 is 1.85 bits per heavy atom. The van der Waals surface area contributed by atoms with Gasteiger partial charge < -0.3 is 10.6 Å². The number of fused-ring (bicyclic) bond motifs is 1. The lowest BCUT2D eigenvalue weighted by atomic mass is 9.96. The van der Waals surface area contributed by atoms with Gasteiger partial charge in [-0.3, -0.25) is 9.97 Å². The molecule has 0 aliphatic heterocycles. The van der Waals surface area contributed by atoms with Crippen LogP contribution >= 0.6 is 11.6 Å². The van der Waals surface area contributed by atoms with Gasteiger partial charge in [0.1, 0.15) is 17.6 Å². The SMILES string of the molecule is CC(C)(C)CNc1c(C#N)cnc2c(N[C@@H](c3ccc(F)cc3)c3cn(-c4ccncc4)nn3)cc(Cl)cc12. The number of hydrogen-bond acceptors (Lipinski definition) is 7. The highest BCUT2D eigenvalue weighted by atomic mass is 35.5. The van der Waals surface area contributed by atoms with E-state index in [2.05, 4.69) is 57.8 Å². The first-order chi connectivity index (χ1) is 18.7. The molecule has 0 spiro atoms. The van der Waals surface area contributed by atoms with Crippen LogP contribution in [0, 0.1) is 22.6 Å². The highest BCUT2D eigenvalue weighted by Gasteiger charge is 2.22. The fourth-order valence-electron chi connectivity index (χ4n) is 4.18. The van der Waals surface area contributed by atoms with Crippen molar-refractivity contribution in [3.05, 3.63) is 101 Å². The van der Waals surface area contributed by atoms with Gasteiger partial charge in [-0.05, 0) is 47.4 Å². The molecule has 8 nitrogen and oxygen atoms in total. The Morgan fingerprint density at radius 1 is 1.10 bits per heavy atom. The summed E-state index contributed by atoms with van der Waals surface area (Å²) >= 11 is 6.60. The smallest absolute Gasteiger partial charge is 0.123 e. The first-order valence-corrected chi connectivity index (χ1v) is 12.7. The van der Waals surface area contributed by atoms with Crippen LogP contribution in [0.25, 0.3) is 16.6 Å². The van der Waals surface area contributed by atoms with Crippen LogP contribution in [0.2, 0.25) is 5.02 Å². The largest absolute Gasteiger partial charge is 0.383 e. The number of nitrogens with one attached hydrogen (secondary N) is 2. The van der Waals surface area contributed by atoms with Crippen LogP contribution in [0.5, 0.6) is 0 Å². The standard InChI is InChI=1S/C29H26ClFN8/c1-29(2,3)17-35-26-19(14-32)15-34-28-23(26)12-20(30)13-24(28)36-27(18-4-6-21(31)7-5-18)25-16-39(38-37-25)22-8-10-33-11-9-22/h4-13,15-16,27,36H,17H2,1-3H3,(H,34,35)/t27-/m0/s1. The minimum Gasteiger partial charge on any atom is -0.383 e. The summed E-state index contributed by atoms with van der Waals surface area (Å²) in [5.74, 6) is -0.341. The minimum atomic E-state index is -0.508. The average molecular weight is 541 g/mol. The molecule has 0 amide bonds. The summed E-state index contributed by atoms with van der Waals surface area (Å²) in [5.41, 5.74) is 4.51. The molecular weight excluding hydrogens is 515 g/mol. The summed E-state index contributed by atoms with van der Waals surface area (Å²) in [5, 5.41) is 26.6. The van der Waals surface area contributed by atoms with E-state index in [0.29, 0.717) is 45.1 Å². The van der Waals surface area contributed by atoms with Crippen molar-refractivity contribution in [1.82, 2.24) is 25.0 Å². The van der Waals surface area contributed by atoms with Crippen LogP contribution in [0.15, 0.2) is 73.3 Å². The molecule has 0 saturated heterocycles. The molecule has 0 fully saturated rings. The Labute approximate surface area is 230 Å². The van der Waals surface area contributed by atoms with Gasteiger partial charge in [0.15, 0.2) is 0 Å². The van der Waals surface area contributed by atoms with E-state index in [4.69, 9.17) is 11.6 Å². The number of nitriles is 1. The van der Waals surface area contributed by atoms with Gasteiger partial charge in [0.2, 0.25) is 0 Å². The average Bonchev–Trinajstić information content (AvgIpc) is 3.41. The van der Waals surface area contributed by atoms with Crippen LogP contribution in [-0.2, 0) is 0 Å². The van der Waals surface area contributed by atoms with Crippen molar-refractivity contribution < 1.29 is 4.39 Å². The Hall–Kier alpha value is -4.55. The number of benzene rings is 2. The van der Waals surface area contributed by atoms with Gasteiger partial charge in [-0.2, -0.15) is 5.26 Å². The first-order valence-electron chi connectivity index (χ1n) is 12.3. The van der Waals surface area contributed by atoms with Crippen molar-refractivity contribution in [1.29, 1.82) is 5.26 Å². The summed E-state index contributed by atoms with van der Waals surface area (Å²) in [6, 6.07) is 15.1. The quantitative estimate of drug-likeness (QED) is 0.242. The Morgan fingerprint density at radius 3 is 2.54 bits per heavy atom. The third kappa shape index (κ3) is 5.81. The molecule has 0 saturated carbocycles. The number of aromatic nitrogens is 5. The van der Waals surface area contributed by atoms with Gasteiger partial charge in [0.05, 0.1) is 40.4 Å². The first kappa shape index (κ1) is 26.1. The summed E-state index contributed by atoms with van der Waals surface area (Å²) < 4.78 is 15.5. The summed E-state index contributed by atoms with van der Waals surface area (Å²) in [4.78, 5) is 8.67. The van der Waals surface area contributed by atoms with Crippen molar-refractivity contribution >= 4 is 33.9 Å². The van der Waals surface area contributed by atoms with Gasteiger partial charge in [0.25, 0.3) is 0 Å². The van der Waals surface area contributed by atoms with Gasteiger partial charge >= 0.3 is 0 Å². The van der Waals surface area contributed by atoms with Crippen LogP contribution < -0.4 is 10.6 Å². The zero-order chi connectivity index (χ0) is 27.6. The molecule has 39 heavy (non-hydrogen) atoms.